The van der Waals surface area contributed by atoms with Gasteiger partial charge in [-0.2, -0.15) is 0 Å². The summed E-state index contributed by atoms with van der Waals surface area (Å²) < 4.78 is 9.87. The molecule has 0 aromatic carbocycles. The van der Waals surface area contributed by atoms with Gasteiger partial charge in [0.05, 0.1) is 6.61 Å². The predicted octanol–water partition coefficient (Wildman–Crippen LogP) is 1.67. The number of carbonyl (C=O) groups excluding carboxylic acids is 1. The first-order chi connectivity index (χ1) is 6.24. The Kier molecular flexibility index (Phi) is 3.96. The Hall–Kier alpha value is -0.830. The van der Waals surface area contributed by atoms with Gasteiger partial charge in [-0.3, -0.25) is 0 Å². The smallest absolute Gasteiger partial charge is 0.333 e. The Labute approximate surface area is 78.7 Å². The first-order valence-electron chi connectivity index (χ1n) is 4.70. The summed E-state index contributed by atoms with van der Waals surface area (Å²) >= 11 is 0. The Morgan fingerprint density at radius 2 is 2.38 bits per heavy atom. The van der Waals surface area contributed by atoms with Gasteiger partial charge in [0.2, 0.25) is 0 Å². The Morgan fingerprint density at radius 1 is 1.69 bits per heavy atom. The van der Waals surface area contributed by atoms with Crippen molar-refractivity contribution in [1.29, 1.82) is 0 Å². The maximum Gasteiger partial charge on any atom is 0.333 e. The molecule has 0 saturated carbocycles. The minimum absolute atomic E-state index is 0.142. The van der Waals surface area contributed by atoms with Gasteiger partial charge in [-0.05, 0) is 12.8 Å². The predicted molar refractivity (Wildman–Crippen MR) is 49.4 cm³/mol. The van der Waals surface area contributed by atoms with E-state index in [9.17, 15) is 4.79 Å². The molecule has 13 heavy (non-hydrogen) atoms. The maximum absolute atomic E-state index is 11.2. The van der Waals surface area contributed by atoms with Gasteiger partial charge >= 0.3 is 5.97 Å². The molecule has 1 aliphatic heterocycles. The van der Waals surface area contributed by atoms with Crippen molar-refractivity contribution in [2.45, 2.75) is 32.3 Å². The molecule has 0 aromatic rings. The van der Waals surface area contributed by atoms with Gasteiger partial charge < -0.3 is 9.47 Å². The number of hydrogen-bond acceptors (Lipinski definition) is 3. The third-order valence-electron chi connectivity index (χ3n) is 1.92. The van der Waals surface area contributed by atoms with Gasteiger partial charge in [-0.25, -0.2) is 4.79 Å². The number of carbonyl (C=O) groups is 1. The highest BCUT2D eigenvalue weighted by atomic mass is 16.6. The molecule has 3 nitrogen and oxygen atoms in total. The Balaban J connectivity index is 2.09. The number of ether oxygens (including phenoxy) is 2. The lowest BCUT2D eigenvalue weighted by atomic mass is 10.1. The standard InChI is InChI=1S/C10H16O3/c1-3-4-5-8(2)10(11)13-7-9-6-12-9/h9H,2-7H2,1H3. The molecule has 0 bridgehead atoms. The summed E-state index contributed by atoms with van der Waals surface area (Å²) in [6, 6.07) is 0. The van der Waals surface area contributed by atoms with E-state index >= 15 is 0 Å². The van der Waals surface area contributed by atoms with Crippen molar-refractivity contribution in [2.24, 2.45) is 0 Å². The second kappa shape index (κ2) is 5.02. The summed E-state index contributed by atoms with van der Waals surface area (Å²) in [4.78, 5) is 11.2. The SMILES string of the molecule is C=C(CCCC)C(=O)OCC1CO1. The van der Waals surface area contributed by atoms with Gasteiger partial charge in [-0.15, -0.1) is 0 Å². The quantitative estimate of drug-likeness (QED) is 0.358. The van der Waals surface area contributed by atoms with E-state index in [0.29, 0.717) is 18.8 Å². The van der Waals surface area contributed by atoms with Crippen LogP contribution in [0.5, 0.6) is 0 Å². The van der Waals surface area contributed by atoms with Crippen LogP contribution in [0.3, 0.4) is 0 Å². The molecule has 0 aromatic heterocycles. The molecule has 3 heteroatoms. The zero-order valence-electron chi connectivity index (χ0n) is 8.04. The van der Waals surface area contributed by atoms with E-state index in [1.807, 2.05) is 0 Å². The van der Waals surface area contributed by atoms with Crippen LogP contribution < -0.4 is 0 Å². The molecule has 1 unspecified atom stereocenters. The maximum atomic E-state index is 11.2. The fourth-order valence-corrected chi connectivity index (χ4v) is 0.927. The van der Waals surface area contributed by atoms with Crippen LogP contribution in [0.2, 0.25) is 0 Å². The first-order valence-corrected chi connectivity index (χ1v) is 4.70. The highest BCUT2D eigenvalue weighted by Gasteiger charge is 2.24. The second-order valence-corrected chi connectivity index (χ2v) is 3.26. The van der Waals surface area contributed by atoms with E-state index in [0.717, 1.165) is 19.3 Å². The van der Waals surface area contributed by atoms with E-state index in [1.165, 1.54) is 0 Å². The van der Waals surface area contributed by atoms with Crippen LogP contribution >= 0.6 is 0 Å². The van der Waals surface area contributed by atoms with E-state index in [2.05, 4.69) is 13.5 Å². The van der Waals surface area contributed by atoms with Crippen molar-refractivity contribution in [1.82, 2.24) is 0 Å². The normalized spacial score (nSPS) is 19.6. The van der Waals surface area contributed by atoms with Crippen molar-refractivity contribution < 1.29 is 14.3 Å². The van der Waals surface area contributed by atoms with Crippen LogP contribution in [-0.4, -0.2) is 25.3 Å². The minimum Gasteiger partial charge on any atom is -0.459 e. The number of esters is 1. The largest absolute Gasteiger partial charge is 0.459 e. The van der Waals surface area contributed by atoms with E-state index < -0.39 is 0 Å². The molecule has 1 fully saturated rings. The molecule has 0 spiro atoms. The minimum atomic E-state index is -0.274. The van der Waals surface area contributed by atoms with Gasteiger partial charge in [0, 0.05) is 5.57 Å². The molecule has 0 amide bonds. The lowest BCUT2D eigenvalue weighted by molar-refractivity contribution is -0.139. The van der Waals surface area contributed by atoms with Crippen molar-refractivity contribution in [2.75, 3.05) is 13.2 Å². The Bertz CT molecular complexity index is 194. The second-order valence-electron chi connectivity index (χ2n) is 3.26. The molecule has 1 rings (SSSR count). The zero-order chi connectivity index (χ0) is 9.68. The molecule has 1 aliphatic rings. The summed E-state index contributed by atoms with van der Waals surface area (Å²) in [6.45, 7) is 6.85. The summed E-state index contributed by atoms with van der Waals surface area (Å²) in [6.07, 6.45) is 2.94. The van der Waals surface area contributed by atoms with E-state index in [1.54, 1.807) is 0 Å². The average molecular weight is 184 g/mol. The molecule has 74 valence electrons. The molecule has 1 saturated heterocycles. The van der Waals surface area contributed by atoms with Crippen LogP contribution in [0, 0.1) is 0 Å². The zero-order valence-corrected chi connectivity index (χ0v) is 8.04. The van der Waals surface area contributed by atoms with Crippen LogP contribution in [0.25, 0.3) is 0 Å². The number of rotatable bonds is 6. The van der Waals surface area contributed by atoms with E-state index in [-0.39, 0.29) is 12.1 Å². The summed E-state index contributed by atoms with van der Waals surface area (Å²) in [5.41, 5.74) is 0.572. The fraction of sp³-hybridized carbons (Fsp3) is 0.700. The average Bonchev–Trinajstić information content (AvgIpc) is 2.93. The van der Waals surface area contributed by atoms with Gasteiger partial charge in [0.1, 0.15) is 12.7 Å². The van der Waals surface area contributed by atoms with E-state index in [4.69, 9.17) is 9.47 Å². The topological polar surface area (TPSA) is 38.8 Å². The molecule has 1 atom stereocenters. The molecule has 1 heterocycles. The summed E-state index contributed by atoms with van der Waals surface area (Å²) in [5, 5.41) is 0. The number of unbranched alkanes of at least 4 members (excludes halogenated alkanes) is 1. The monoisotopic (exact) mass is 184 g/mol. The van der Waals surface area contributed by atoms with Crippen LogP contribution in [0.4, 0.5) is 0 Å². The highest BCUT2D eigenvalue weighted by Crippen LogP contribution is 2.11. The van der Waals surface area contributed by atoms with Crippen LogP contribution in [0.1, 0.15) is 26.2 Å². The van der Waals surface area contributed by atoms with Crippen LogP contribution in [-0.2, 0) is 14.3 Å². The lowest BCUT2D eigenvalue weighted by Gasteiger charge is -2.04. The first kappa shape index (κ1) is 10.3. The van der Waals surface area contributed by atoms with Crippen molar-refractivity contribution in [3.8, 4) is 0 Å². The molecule has 0 radical (unpaired) electrons. The fourth-order valence-electron chi connectivity index (χ4n) is 0.927. The third-order valence-corrected chi connectivity index (χ3v) is 1.92. The van der Waals surface area contributed by atoms with Gasteiger partial charge in [0.15, 0.2) is 0 Å². The molecular weight excluding hydrogens is 168 g/mol. The molecule has 0 aliphatic carbocycles. The van der Waals surface area contributed by atoms with Crippen LogP contribution in [0.15, 0.2) is 12.2 Å². The van der Waals surface area contributed by atoms with Crippen molar-refractivity contribution in [3.63, 3.8) is 0 Å². The third kappa shape index (κ3) is 4.08. The molecule has 0 N–H and O–H groups in total. The summed E-state index contributed by atoms with van der Waals surface area (Å²) in [5.74, 6) is -0.274. The number of hydrogen-bond donors (Lipinski definition) is 0. The summed E-state index contributed by atoms with van der Waals surface area (Å²) in [7, 11) is 0. The van der Waals surface area contributed by atoms with Crippen molar-refractivity contribution >= 4 is 5.97 Å². The highest BCUT2D eigenvalue weighted by molar-refractivity contribution is 5.87. The Morgan fingerprint density at radius 3 is 2.92 bits per heavy atom. The lowest BCUT2D eigenvalue weighted by Crippen LogP contribution is -2.11. The molecular formula is C10H16O3. The van der Waals surface area contributed by atoms with Gasteiger partial charge in [0.25, 0.3) is 0 Å². The number of epoxide rings is 1. The van der Waals surface area contributed by atoms with Crippen molar-refractivity contribution in [3.05, 3.63) is 12.2 Å². The van der Waals surface area contributed by atoms with Gasteiger partial charge in [-0.1, -0.05) is 19.9 Å².